The zero-order valence-electron chi connectivity index (χ0n) is 16.8. The van der Waals surface area contributed by atoms with Gasteiger partial charge < -0.3 is 4.90 Å². The third-order valence-corrected chi connectivity index (χ3v) is 6.26. The van der Waals surface area contributed by atoms with Gasteiger partial charge in [0.2, 0.25) is 5.91 Å². The number of aromatic nitrogens is 1. The SMILES string of the molecule is Cc1cccc(CN(C(=O)[C@H]2C[C@@H]2c2ccccc2)c2ccc3c(c2)CCC3)n1. The van der Waals surface area contributed by atoms with E-state index in [-0.39, 0.29) is 11.8 Å². The van der Waals surface area contributed by atoms with Crippen molar-refractivity contribution in [1.29, 1.82) is 0 Å². The molecule has 0 bridgehead atoms. The maximum atomic E-state index is 13.6. The standard InChI is InChI=1S/C26H26N2O/c1-18-7-5-12-22(27-18)17-28(23-14-13-19-10-6-11-21(19)15-23)26(29)25-16-24(25)20-8-3-2-4-9-20/h2-5,7-9,12-15,24-25H,6,10-11,16-17H2,1H3/t24-,25+/m1/s1. The number of hydrogen-bond acceptors (Lipinski definition) is 2. The highest BCUT2D eigenvalue weighted by molar-refractivity contribution is 5.97. The van der Waals surface area contributed by atoms with Gasteiger partial charge in [0.15, 0.2) is 0 Å². The van der Waals surface area contributed by atoms with Crippen LogP contribution in [0.15, 0.2) is 66.7 Å². The highest BCUT2D eigenvalue weighted by Crippen LogP contribution is 2.49. The van der Waals surface area contributed by atoms with E-state index in [4.69, 9.17) is 0 Å². The van der Waals surface area contributed by atoms with Crippen LogP contribution in [0.3, 0.4) is 0 Å². The summed E-state index contributed by atoms with van der Waals surface area (Å²) in [6, 6.07) is 23.0. The predicted molar refractivity (Wildman–Crippen MR) is 116 cm³/mol. The van der Waals surface area contributed by atoms with Crippen LogP contribution in [-0.4, -0.2) is 10.9 Å². The van der Waals surface area contributed by atoms with Gasteiger partial charge in [-0.1, -0.05) is 42.5 Å². The molecule has 1 aromatic heterocycles. The highest BCUT2D eigenvalue weighted by Gasteiger charge is 2.46. The molecule has 0 N–H and O–H groups in total. The first kappa shape index (κ1) is 18.1. The molecule has 5 rings (SSSR count). The Hall–Kier alpha value is -2.94. The molecule has 0 saturated heterocycles. The van der Waals surface area contributed by atoms with Gasteiger partial charge in [-0.3, -0.25) is 9.78 Å². The van der Waals surface area contributed by atoms with E-state index in [1.807, 2.05) is 36.1 Å². The monoisotopic (exact) mass is 382 g/mol. The second-order valence-electron chi connectivity index (χ2n) is 8.36. The van der Waals surface area contributed by atoms with Gasteiger partial charge in [0.25, 0.3) is 0 Å². The van der Waals surface area contributed by atoms with Crippen LogP contribution in [0.1, 0.15) is 46.8 Å². The molecule has 2 aromatic carbocycles. The highest BCUT2D eigenvalue weighted by atomic mass is 16.2. The fourth-order valence-electron chi connectivity index (χ4n) is 4.61. The number of hydrogen-bond donors (Lipinski definition) is 0. The molecule has 146 valence electrons. The molecule has 0 aliphatic heterocycles. The molecule has 1 fully saturated rings. The topological polar surface area (TPSA) is 33.2 Å². The molecule has 2 aliphatic carbocycles. The summed E-state index contributed by atoms with van der Waals surface area (Å²) in [5.41, 5.74) is 7.04. The summed E-state index contributed by atoms with van der Waals surface area (Å²) in [5, 5.41) is 0. The number of aryl methyl sites for hydroxylation is 3. The van der Waals surface area contributed by atoms with Crippen molar-refractivity contribution >= 4 is 11.6 Å². The molecule has 2 atom stereocenters. The molecule has 0 unspecified atom stereocenters. The zero-order valence-corrected chi connectivity index (χ0v) is 16.8. The fourth-order valence-corrected chi connectivity index (χ4v) is 4.61. The van der Waals surface area contributed by atoms with Gasteiger partial charge in [-0.15, -0.1) is 0 Å². The maximum absolute atomic E-state index is 13.6. The molecule has 0 spiro atoms. The summed E-state index contributed by atoms with van der Waals surface area (Å²) >= 11 is 0. The van der Waals surface area contributed by atoms with Crippen LogP contribution in [0, 0.1) is 12.8 Å². The normalized spacial score (nSPS) is 19.6. The van der Waals surface area contributed by atoms with Gasteiger partial charge in [0.1, 0.15) is 0 Å². The van der Waals surface area contributed by atoms with E-state index in [0.717, 1.165) is 36.3 Å². The van der Waals surface area contributed by atoms with Crippen LogP contribution >= 0.6 is 0 Å². The van der Waals surface area contributed by atoms with Crippen LogP contribution in [0.2, 0.25) is 0 Å². The van der Waals surface area contributed by atoms with E-state index < -0.39 is 0 Å². The van der Waals surface area contributed by atoms with Crippen molar-refractivity contribution in [2.45, 2.75) is 45.1 Å². The summed E-state index contributed by atoms with van der Waals surface area (Å²) in [6.45, 7) is 2.52. The number of anilines is 1. The molecular weight excluding hydrogens is 356 g/mol. The summed E-state index contributed by atoms with van der Waals surface area (Å²) in [6.07, 6.45) is 4.42. The van der Waals surface area contributed by atoms with Gasteiger partial charge in [0.05, 0.1) is 12.2 Å². The first-order valence-corrected chi connectivity index (χ1v) is 10.6. The quantitative estimate of drug-likeness (QED) is 0.606. The fraction of sp³-hybridized carbons (Fsp3) is 0.308. The minimum Gasteiger partial charge on any atom is -0.306 e. The minimum absolute atomic E-state index is 0.0652. The van der Waals surface area contributed by atoms with Crippen molar-refractivity contribution in [3.63, 3.8) is 0 Å². The van der Waals surface area contributed by atoms with Crippen LogP contribution in [-0.2, 0) is 24.2 Å². The first-order chi connectivity index (χ1) is 14.2. The van der Waals surface area contributed by atoms with Gasteiger partial charge in [-0.25, -0.2) is 0 Å². The average Bonchev–Trinajstić information content (AvgIpc) is 3.41. The van der Waals surface area contributed by atoms with E-state index in [0.29, 0.717) is 12.5 Å². The number of amides is 1. The molecule has 0 radical (unpaired) electrons. The van der Waals surface area contributed by atoms with Crippen LogP contribution in [0.5, 0.6) is 0 Å². The molecule has 2 aliphatic rings. The van der Waals surface area contributed by atoms with E-state index in [1.165, 1.54) is 23.1 Å². The van der Waals surface area contributed by atoms with E-state index >= 15 is 0 Å². The Morgan fingerprint density at radius 3 is 2.66 bits per heavy atom. The molecular formula is C26H26N2O. The van der Waals surface area contributed by atoms with Gasteiger partial charge >= 0.3 is 0 Å². The lowest BCUT2D eigenvalue weighted by Crippen LogP contribution is -2.32. The largest absolute Gasteiger partial charge is 0.306 e. The van der Waals surface area contributed by atoms with Crippen molar-refractivity contribution in [2.75, 3.05) is 4.90 Å². The molecule has 3 heteroatoms. The Bertz CT molecular complexity index is 1040. The zero-order chi connectivity index (χ0) is 19.8. The Morgan fingerprint density at radius 1 is 1.00 bits per heavy atom. The summed E-state index contributed by atoms with van der Waals surface area (Å²) in [7, 11) is 0. The van der Waals surface area contributed by atoms with Crippen molar-refractivity contribution < 1.29 is 4.79 Å². The first-order valence-electron chi connectivity index (χ1n) is 10.6. The summed E-state index contributed by atoms with van der Waals surface area (Å²) in [5.74, 6) is 0.627. The number of pyridine rings is 1. The van der Waals surface area contributed by atoms with E-state index in [9.17, 15) is 4.79 Å². The number of rotatable bonds is 5. The van der Waals surface area contributed by atoms with Crippen LogP contribution in [0.25, 0.3) is 0 Å². The predicted octanol–water partition coefficient (Wildman–Crippen LogP) is 5.22. The minimum atomic E-state index is 0.0652. The number of fused-ring (bicyclic) bond motifs is 1. The van der Waals surface area contributed by atoms with E-state index in [1.54, 1.807) is 0 Å². The third-order valence-electron chi connectivity index (χ3n) is 6.26. The smallest absolute Gasteiger partial charge is 0.231 e. The Kier molecular flexibility index (Phi) is 4.67. The van der Waals surface area contributed by atoms with Gasteiger partial charge in [0, 0.05) is 17.3 Å². The molecule has 1 saturated carbocycles. The maximum Gasteiger partial charge on any atom is 0.231 e. The van der Waals surface area contributed by atoms with Gasteiger partial charge in [-0.2, -0.15) is 0 Å². The van der Waals surface area contributed by atoms with Crippen molar-refractivity contribution in [3.8, 4) is 0 Å². The lowest BCUT2D eigenvalue weighted by atomic mass is 10.1. The van der Waals surface area contributed by atoms with E-state index in [2.05, 4.69) is 47.4 Å². The second-order valence-corrected chi connectivity index (χ2v) is 8.36. The summed E-state index contributed by atoms with van der Waals surface area (Å²) in [4.78, 5) is 20.2. The van der Waals surface area contributed by atoms with Crippen molar-refractivity contribution in [1.82, 2.24) is 4.98 Å². The average molecular weight is 383 g/mol. The number of carbonyl (C=O) groups is 1. The lowest BCUT2D eigenvalue weighted by molar-refractivity contribution is -0.120. The Balaban J connectivity index is 1.44. The van der Waals surface area contributed by atoms with Crippen molar-refractivity contribution in [3.05, 3.63) is 94.8 Å². The number of carbonyl (C=O) groups excluding carboxylic acids is 1. The van der Waals surface area contributed by atoms with Crippen LogP contribution < -0.4 is 4.90 Å². The Labute approximate surface area is 172 Å². The van der Waals surface area contributed by atoms with Gasteiger partial charge in [-0.05, 0) is 79.5 Å². The molecule has 1 amide bonds. The molecule has 3 nitrogen and oxygen atoms in total. The van der Waals surface area contributed by atoms with Crippen molar-refractivity contribution in [2.24, 2.45) is 5.92 Å². The lowest BCUT2D eigenvalue weighted by Gasteiger charge is -2.24. The molecule has 3 aromatic rings. The third kappa shape index (κ3) is 3.69. The number of benzene rings is 2. The molecule has 29 heavy (non-hydrogen) atoms. The van der Waals surface area contributed by atoms with Crippen LogP contribution in [0.4, 0.5) is 5.69 Å². The second kappa shape index (κ2) is 7.47. The summed E-state index contributed by atoms with van der Waals surface area (Å²) < 4.78 is 0. The Morgan fingerprint density at radius 2 is 1.83 bits per heavy atom. The molecule has 1 heterocycles. The number of nitrogens with zero attached hydrogens (tertiary/aromatic N) is 2.